The van der Waals surface area contributed by atoms with Crippen molar-refractivity contribution in [3.8, 4) is 17.0 Å². The van der Waals surface area contributed by atoms with Crippen LogP contribution < -0.4 is 15.8 Å². The standard InChI is InChI=1S/C30H30ClF3N6O4/c1-4-44-20-11-16(27(41)38-22-12-18(8-10-36-22)30(32,33)34)5-6-19(20)23-24-25(35)37-14-21(31)40(24)26(39-23)17-7-9-29(13-17,15(2)3)28(42)43/h5-6,8,10-12,14-15,17H,4,7,9,13H2,1-3H3,(H2,35,37)(H,42,43)(H,36,38,41)/t17-,29-/m0/s1. The normalized spacial score (nSPS) is 18.6. The first-order chi connectivity index (χ1) is 20.8. The number of benzene rings is 1. The maximum atomic E-state index is 13.1. The molecule has 1 saturated carbocycles. The number of carboxylic acid groups (broad SMARTS) is 1. The summed E-state index contributed by atoms with van der Waals surface area (Å²) in [6, 6.07) is 6.07. The molecule has 4 aromatic rings. The maximum Gasteiger partial charge on any atom is 0.416 e. The summed E-state index contributed by atoms with van der Waals surface area (Å²) in [5, 5.41) is 12.7. The smallest absolute Gasteiger partial charge is 0.416 e. The van der Waals surface area contributed by atoms with E-state index in [1.54, 1.807) is 17.4 Å². The lowest BCUT2D eigenvalue weighted by Crippen LogP contribution is -2.33. The Morgan fingerprint density at radius 1 is 1.25 bits per heavy atom. The van der Waals surface area contributed by atoms with Crippen molar-refractivity contribution in [3.05, 3.63) is 64.8 Å². The van der Waals surface area contributed by atoms with E-state index in [2.05, 4.69) is 15.3 Å². The zero-order chi connectivity index (χ0) is 32.0. The Morgan fingerprint density at radius 3 is 2.64 bits per heavy atom. The minimum Gasteiger partial charge on any atom is -0.493 e. The van der Waals surface area contributed by atoms with Crippen LogP contribution in [0, 0.1) is 11.3 Å². The zero-order valence-corrected chi connectivity index (χ0v) is 24.8. The lowest BCUT2D eigenvalue weighted by atomic mass is 9.75. The molecule has 2 atom stereocenters. The summed E-state index contributed by atoms with van der Waals surface area (Å²) in [6.45, 7) is 5.77. The number of carbonyl (C=O) groups excluding carboxylic acids is 1. The molecule has 0 bridgehead atoms. The van der Waals surface area contributed by atoms with E-state index in [1.165, 1.54) is 18.3 Å². The van der Waals surface area contributed by atoms with Crippen molar-refractivity contribution in [2.45, 2.75) is 52.1 Å². The summed E-state index contributed by atoms with van der Waals surface area (Å²) in [4.78, 5) is 38.3. The number of anilines is 2. The van der Waals surface area contributed by atoms with Crippen LogP contribution >= 0.6 is 11.6 Å². The Morgan fingerprint density at radius 2 is 2.00 bits per heavy atom. The van der Waals surface area contributed by atoms with Crippen LogP contribution in [0.5, 0.6) is 5.75 Å². The van der Waals surface area contributed by atoms with Gasteiger partial charge in [0.15, 0.2) is 0 Å². The summed E-state index contributed by atoms with van der Waals surface area (Å²) >= 11 is 6.62. The molecule has 0 radical (unpaired) electrons. The third kappa shape index (κ3) is 5.51. The zero-order valence-electron chi connectivity index (χ0n) is 24.1. The molecule has 5 rings (SSSR count). The summed E-state index contributed by atoms with van der Waals surface area (Å²) in [6.07, 6.45) is -0.827. The summed E-state index contributed by atoms with van der Waals surface area (Å²) in [5.74, 6) is -1.23. The van der Waals surface area contributed by atoms with Crippen molar-refractivity contribution in [1.82, 2.24) is 19.4 Å². The van der Waals surface area contributed by atoms with Gasteiger partial charge in [0, 0.05) is 23.2 Å². The number of imidazole rings is 1. The van der Waals surface area contributed by atoms with E-state index in [1.807, 2.05) is 13.8 Å². The predicted molar refractivity (Wildman–Crippen MR) is 158 cm³/mol. The van der Waals surface area contributed by atoms with Crippen molar-refractivity contribution < 1.29 is 32.6 Å². The first-order valence-corrected chi connectivity index (χ1v) is 14.3. The van der Waals surface area contributed by atoms with Crippen molar-refractivity contribution in [1.29, 1.82) is 0 Å². The fourth-order valence-electron chi connectivity index (χ4n) is 5.85. The number of amides is 1. The van der Waals surface area contributed by atoms with Crippen molar-refractivity contribution in [2.75, 3.05) is 17.7 Å². The molecule has 0 spiro atoms. The molecule has 0 saturated heterocycles. The summed E-state index contributed by atoms with van der Waals surface area (Å²) in [7, 11) is 0. The molecule has 44 heavy (non-hydrogen) atoms. The highest BCUT2D eigenvalue weighted by Crippen LogP contribution is 2.52. The van der Waals surface area contributed by atoms with Gasteiger partial charge < -0.3 is 20.9 Å². The topological polar surface area (TPSA) is 145 Å². The average molecular weight is 631 g/mol. The van der Waals surface area contributed by atoms with Gasteiger partial charge in [-0.3, -0.25) is 14.0 Å². The summed E-state index contributed by atoms with van der Waals surface area (Å²) in [5.41, 5.74) is 5.82. The van der Waals surface area contributed by atoms with E-state index >= 15 is 0 Å². The number of halogens is 4. The fourth-order valence-corrected chi connectivity index (χ4v) is 6.07. The van der Waals surface area contributed by atoms with Crippen LogP contribution in [-0.2, 0) is 11.0 Å². The number of alkyl halides is 3. The van der Waals surface area contributed by atoms with Crippen molar-refractivity contribution in [2.24, 2.45) is 11.3 Å². The largest absolute Gasteiger partial charge is 0.493 e. The number of aliphatic carboxylic acids is 1. The SMILES string of the molecule is CCOc1cc(C(=O)Nc2cc(C(F)(F)F)ccn2)ccc1-c1nc([C@H]2CC[C@@](C(=O)O)(C(C)C)C2)n2c(Cl)cnc(N)c12. The van der Waals surface area contributed by atoms with E-state index in [-0.39, 0.29) is 46.5 Å². The van der Waals surface area contributed by atoms with Crippen LogP contribution in [0.15, 0.2) is 42.7 Å². The lowest BCUT2D eigenvalue weighted by Gasteiger charge is -2.28. The number of rotatable bonds is 8. The number of carboxylic acids is 1. The van der Waals surface area contributed by atoms with E-state index in [0.29, 0.717) is 41.9 Å². The van der Waals surface area contributed by atoms with Gasteiger partial charge in [-0.2, -0.15) is 13.2 Å². The van der Waals surface area contributed by atoms with Gasteiger partial charge >= 0.3 is 12.1 Å². The first kappa shape index (κ1) is 31.0. The van der Waals surface area contributed by atoms with Gasteiger partial charge in [-0.05, 0) is 62.4 Å². The van der Waals surface area contributed by atoms with E-state index < -0.39 is 29.0 Å². The molecule has 1 aromatic carbocycles. The fraction of sp³-hybridized carbons (Fsp3) is 0.367. The van der Waals surface area contributed by atoms with Crippen molar-refractivity contribution >= 4 is 40.6 Å². The molecule has 3 aromatic heterocycles. The van der Waals surface area contributed by atoms with Crippen LogP contribution in [0.2, 0.25) is 5.15 Å². The van der Waals surface area contributed by atoms with Gasteiger partial charge in [-0.15, -0.1) is 0 Å². The second-order valence-corrected chi connectivity index (χ2v) is 11.4. The highest BCUT2D eigenvalue weighted by Gasteiger charge is 2.49. The van der Waals surface area contributed by atoms with Crippen molar-refractivity contribution in [3.63, 3.8) is 0 Å². The number of hydrogen-bond donors (Lipinski definition) is 3. The molecule has 14 heteroatoms. The number of nitrogens with two attached hydrogens (primary N) is 1. The van der Waals surface area contributed by atoms with Gasteiger partial charge in [0.1, 0.15) is 39.6 Å². The van der Waals surface area contributed by atoms with Gasteiger partial charge in [0.25, 0.3) is 5.91 Å². The number of hydrogen-bond acceptors (Lipinski definition) is 7. The molecular formula is C30H30ClF3N6O4. The highest BCUT2D eigenvalue weighted by atomic mass is 35.5. The average Bonchev–Trinajstić information content (AvgIpc) is 3.59. The molecule has 1 amide bonds. The maximum absolute atomic E-state index is 13.1. The van der Waals surface area contributed by atoms with E-state index in [0.717, 1.165) is 18.3 Å². The Balaban J connectivity index is 1.57. The number of nitrogens with zero attached hydrogens (tertiary/aromatic N) is 4. The summed E-state index contributed by atoms with van der Waals surface area (Å²) < 4.78 is 47.0. The van der Waals surface area contributed by atoms with Crippen LogP contribution in [0.25, 0.3) is 16.8 Å². The molecular weight excluding hydrogens is 601 g/mol. The molecule has 3 heterocycles. The monoisotopic (exact) mass is 630 g/mol. The number of ether oxygens (including phenoxy) is 1. The molecule has 4 N–H and O–H groups in total. The third-order valence-electron chi connectivity index (χ3n) is 8.24. The second kappa shape index (κ2) is 11.6. The Bertz CT molecular complexity index is 1760. The highest BCUT2D eigenvalue weighted by molar-refractivity contribution is 6.30. The number of fused-ring (bicyclic) bond motifs is 1. The van der Waals surface area contributed by atoms with Gasteiger partial charge in [-0.25, -0.2) is 15.0 Å². The van der Waals surface area contributed by atoms with Crippen LogP contribution in [0.1, 0.15) is 67.7 Å². The quantitative estimate of drug-likeness (QED) is 0.195. The second-order valence-electron chi connectivity index (χ2n) is 11.1. The molecule has 1 fully saturated rings. The Labute approximate surface area is 255 Å². The first-order valence-electron chi connectivity index (χ1n) is 13.9. The Kier molecular flexibility index (Phi) is 8.19. The number of carbonyl (C=O) groups is 2. The Hall–Kier alpha value is -4.39. The van der Waals surface area contributed by atoms with E-state index in [4.69, 9.17) is 27.1 Å². The molecule has 232 valence electrons. The third-order valence-corrected chi connectivity index (χ3v) is 8.51. The molecule has 10 nitrogen and oxygen atoms in total. The molecule has 0 unspecified atom stereocenters. The minimum absolute atomic E-state index is 0.100. The number of nitrogens with one attached hydrogen (secondary N) is 1. The molecule has 1 aliphatic carbocycles. The minimum atomic E-state index is -4.60. The van der Waals surface area contributed by atoms with Gasteiger partial charge in [0.2, 0.25) is 0 Å². The molecule has 0 aliphatic heterocycles. The van der Waals surface area contributed by atoms with Crippen LogP contribution in [-0.4, -0.2) is 42.9 Å². The molecule has 1 aliphatic rings. The number of nitrogen functional groups attached to an aromatic ring is 1. The van der Waals surface area contributed by atoms with E-state index in [9.17, 15) is 27.9 Å². The van der Waals surface area contributed by atoms with Crippen LogP contribution in [0.4, 0.5) is 24.8 Å². The van der Waals surface area contributed by atoms with Crippen LogP contribution in [0.3, 0.4) is 0 Å². The van der Waals surface area contributed by atoms with Gasteiger partial charge in [-0.1, -0.05) is 25.4 Å². The predicted octanol–water partition coefficient (Wildman–Crippen LogP) is 6.69. The number of pyridine rings is 1. The number of aromatic nitrogens is 4. The lowest BCUT2D eigenvalue weighted by molar-refractivity contribution is -0.151. The van der Waals surface area contributed by atoms with Gasteiger partial charge in [0.05, 0.1) is 23.8 Å².